The number of ether oxygens (including phenoxy) is 1. The zero-order valence-corrected chi connectivity index (χ0v) is 19.0. The number of carbonyl (C=O) groups is 1. The lowest BCUT2D eigenvalue weighted by Gasteiger charge is -2.27. The fourth-order valence-corrected chi connectivity index (χ4v) is 3.77. The fraction of sp³-hybridized carbons (Fsp3) is 0.231. The van der Waals surface area contributed by atoms with E-state index in [1.807, 2.05) is 0 Å². The van der Waals surface area contributed by atoms with Gasteiger partial charge in [-0.25, -0.2) is 9.07 Å². The van der Waals surface area contributed by atoms with Gasteiger partial charge in [-0.3, -0.25) is 4.79 Å². The number of hydrogen-bond acceptors (Lipinski definition) is 3. The highest BCUT2D eigenvalue weighted by Crippen LogP contribution is 2.32. The minimum atomic E-state index is -4.45. The molecular weight excluding hydrogens is 462 g/mol. The summed E-state index contributed by atoms with van der Waals surface area (Å²) in [5.74, 6) is -0.0906. The van der Waals surface area contributed by atoms with E-state index in [0.717, 1.165) is 23.0 Å². The van der Waals surface area contributed by atoms with E-state index in [1.165, 1.54) is 24.3 Å². The molecule has 0 aliphatic carbocycles. The van der Waals surface area contributed by atoms with Crippen LogP contribution in [0.3, 0.4) is 0 Å². The van der Waals surface area contributed by atoms with Gasteiger partial charge in [-0.2, -0.15) is 18.3 Å². The van der Waals surface area contributed by atoms with Gasteiger partial charge in [0.15, 0.2) is 0 Å². The van der Waals surface area contributed by atoms with Gasteiger partial charge in [-0.1, -0.05) is 19.1 Å². The number of rotatable bonds is 7. The third kappa shape index (κ3) is 5.45. The number of aromatic nitrogens is 2. The van der Waals surface area contributed by atoms with E-state index in [1.54, 1.807) is 55.1 Å². The smallest absolute Gasteiger partial charge is 0.416 e. The second-order valence-corrected chi connectivity index (χ2v) is 8.12. The quantitative estimate of drug-likeness (QED) is 0.316. The Hall–Kier alpha value is -3.88. The van der Waals surface area contributed by atoms with Gasteiger partial charge in [0.25, 0.3) is 0 Å². The normalized spacial score (nSPS) is 13.4. The molecule has 0 aliphatic heterocycles. The molecule has 9 heteroatoms. The summed E-state index contributed by atoms with van der Waals surface area (Å²) >= 11 is 0. The van der Waals surface area contributed by atoms with E-state index in [-0.39, 0.29) is 18.1 Å². The molecular formula is C26H23F4N3O2. The van der Waals surface area contributed by atoms with Crippen LogP contribution in [-0.4, -0.2) is 21.7 Å². The summed E-state index contributed by atoms with van der Waals surface area (Å²) in [4.78, 5) is 12.0. The first-order valence-electron chi connectivity index (χ1n) is 11.0. The third-order valence-corrected chi connectivity index (χ3v) is 5.60. The molecule has 0 saturated heterocycles. The Labute approximate surface area is 199 Å². The molecule has 2 atom stereocenters. The SMILES string of the molecule is CCC(=O)N[C@@H](C)[C@H](Oc1ccc2c(cnn2-c2ccc(F)cc2)c1)c1ccc(C(F)(F)F)cc1. The molecule has 1 amide bonds. The highest BCUT2D eigenvalue weighted by Gasteiger charge is 2.31. The van der Waals surface area contributed by atoms with Gasteiger partial charge < -0.3 is 10.1 Å². The van der Waals surface area contributed by atoms with Gasteiger partial charge >= 0.3 is 6.18 Å². The Bertz CT molecular complexity index is 1320. The van der Waals surface area contributed by atoms with Crippen LogP contribution in [0.4, 0.5) is 17.6 Å². The van der Waals surface area contributed by atoms with Crippen molar-refractivity contribution in [2.75, 3.05) is 0 Å². The molecule has 4 rings (SSSR count). The Morgan fingerprint density at radius 3 is 2.37 bits per heavy atom. The van der Waals surface area contributed by atoms with Crippen LogP contribution in [0, 0.1) is 5.82 Å². The zero-order chi connectivity index (χ0) is 25.2. The molecule has 0 spiro atoms. The second-order valence-electron chi connectivity index (χ2n) is 8.12. The maximum atomic E-state index is 13.3. The summed E-state index contributed by atoms with van der Waals surface area (Å²) in [7, 11) is 0. The second kappa shape index (κ2) is 9.77. The first kappa shape index (κ1) is 24.3. The third-order valence-electron chi connectivity index (χ3n) is 5.60. The number of carbonyl (C=O) groups excluding carboxylic acids is 1. The lowest BCUT2D eigenvalue weighted by Crippen LogP contribution is -2.38. The summed E-state index contributed by atoms with van der Waals surface area (Å²) in [6.07, 6.45) is -3.29. The lowest BCUT2D eigenvalue weighted by molar-refractivity contribution is -0.137. The Morgan fingerprint density at radius 1 is 1.06 bits per heavy atom. The average Bonchev–Trinajstić information content (AvgIpc) is 3.25. The Balaban J connectivity index is 1.64. The number of nitrogens with one attached hydrogen (secondary N) is 1. The van der Waals surface area contributed by atoms with Crippen LogP contribution in [0.2, 0.25) is 0 Å². The van der Waals surface area contributed by atoms with Gasteiger partial charge in [0.05, 0.1) is 29.0 Å². The topological polar surface area (TPSA) is 56.1 Å². The van der Waals surface area contributed by atoms with Crippen molar-refractivity contribution in [1.29, 1.82) is 0 Å². The van der Waals surface area contributed by atoms with E-state index in [9.17, 15) is 22.4 Å². The van der Waals surface area contributed by atoms with Crippen LogP contribution >= 0.6 is 0 Å². The van der Waals surface area contributed by atoms with Crippen molar-refractivity contribution < 1.29 is 27.1 Å². The van der Waals surface area contributed by atoms with Crippen molar-refractivity contribution >= 4 is 16.8 Å². The number of benzene rings is 3. The highest BCUT2D eigenvalue weighted by molar-refractivity contribution is 5.81. The van der Waals surface area contributed by atoms with Crippen molar-refractivity contribution in [3.05, 3.63) is 89.9 Å². The fourth-order valence-electron chi connectivity index (χ4n) is 3.77. The molecule has 35 heavy (non-hydrogen) atoms. The molecule has 0 radical (unpaired) electrons. The van der Waals surface area contributed by atoms with Crippen molar-refractivity contribution in [3.8, 4) is 11.4 Å². The minimum Gasteiger partial charge on any atom is -0.484 e. The minimum absolute atomic E-state index is 0.200. The number of nitrogens with zero attached hydrogens (tertiary/aromatic N) is 2. The molecule has 0 unspecified atom stereocenters. The van der Waals surface area contributed by atoms with Crippen LogP contribution in [0.1, 0.15) is 37.5 Å². The van der Waals surface area contributed by atoms with Crippen molar-refractivity contribution in [2.24, 2.45) is 0 Å². The van der Waals surface area contributed by atoms with Crippen LogP contribution in [0.15, 0.2) is 72.9 Å². The van der Waals surface area contributed by atoms with Gasteiger partial charge in [0.2, 0.25) is 5.91 Å². The first-order chi connectivity index (χ1) is 16.7. The number of fused-ring (bicyclic) bond motifs is 1. The van der Waals surface area contributed by atoms with Crippen LogP contribution in [0.5, 0.6) is 5.75 Å². The predicted molar refractivity (Wildman–Crippen MR) is 124 cm³/mol. The number of amides is 1. The summed E-state index contributed by atoms with van der Waals surface area (Å²) in [5.41, 5.74) is 1.18. The molecule has 1 N–H and O–H groups in total. The number of hydrogen-bond donors (Lipinski definition) is 1. The van der Waals surface area contributed by atoms with Crippen LogP contribution in [0.25, 0.3) is 16.6 Å². The zero-order valence-electron chi connectivity index (χ0n) is 19.0. The number of alkyl halides is 3. The molecule has 0 aliphatic rings. The van der Waals surface area contributed by atoms with E-state index < -0.39 is 23.9 Å². The summed E-state index contributed by atoms with van der Waals surface area (Å²) < 4.78 is 60.2. The van der Waals surface area contributed by atoms with Crippen molar-refractivity contribution in [2.45, 2.75) is 38.6 Å². The first-order valence-corrected chi connectivity index (χ1v) is 11.0. The summed E-state index contributed by atoms with van der Waals surface area (Å²) in [6.45, 7) is 3.45. The maximum absolute atomic E-state index is 13.3. The van der Waals surface area contributed by atoms with Crippen molar-refractivity contribution in [3.63, 3.8) is 0 Å². The Morgan fingerprint density at radius 2 is 1.74 bits per heavy atom. The number of halogens is 4. The standard InChI is InChI=1S/C26H23F4N3O2/c1-3-24(34)32-16(2)25(17-4-6-19(7-5-17)26(28,29)30)35-22-12-13-23-18(14-22)15-31-33(23)21-10-8-20(27)9-11-21/h4-16,25H,3H2,1-2H3,(H,32,34)/t16-,25-/m0/s1. The predicted octanol–water partition coefficient (Wildman–Crippen LogP) is 6.22. The molecule has 1 aromatic heterocycles. The van der Waals surface area contributed by atoms with E-state index in [2.05, 4.69) is 10.4 Å². The molecule has 182 valence electrons. The maximum Gasteiger partial charge on any atom is 0.416 e. The molecule has 0 fully saturated rings. The average molecular weight is 485 g/mol. The van der Waals surface area contributed by atoms with E-state index in [4.69, 9.17) is 4.74 Å². The summed E-state index contributed by atoms with van der Waals surface area (Å²) in [6, 6.07) is 15.4. The molecule has 0 bridgehead atoms. The van der Waals surface area contributed by atoms with Crippen molar-refractivity contribution in [1.82, 2.24) is 15.1 Å². The van der Waals surface area contributed by atoms with Gasteiger partial charge in [0, 0.05) is 11.8 Å². The largest absolute Gasteiger partial charge is 0.484 e. The molecule has 3 aromatic carbocycles. The monoisotopic (exact) mass is 485 g/mol. The van der Waals surface area contributed by atoms with E-state index >= 15 is 0 Å². The highest BCUT2D eigenvalue weighted by atomic mass is 19.4. The van der Waals surface area contributed by atoms with Crippen LogP contribution in [-0.2, 0) is 11.0 Å². The lowest BCUT2D eigenvalue weighted by atomic mass is 10.0. The molecule has 1 heterocycles. The molecule has 5 nitrogen and oxygen atoms in total. The Kier molecular flexibility index (Phi) is 6.77. The molecule has 4 aromatic rings. The van der Waals surface area contributed by atoms with Gasteiger partial charge in [-0.05, 0) is 67.1 Å². The molecule has 0 saturated carbocycles. The summed E-state index contributed by atoms with van der Waals surface area (Å²) in [5, 5.41) is 7.95. The van der Waals surface area contributed by atoms with Crippen LogP contribution < -0.4 is 10.1 Å². The van der Waals surface area contributed by atoms with Gasteiger partial charge in [0.1, 0.15) is 17.7 Å². The van der Waals surface area contributed by atoms with Gasteiger partial charge in [-0.15, -0.1) is 0 Å². The van der Waals surface area contributed by atoms with E-state index in [0.29, 0.717) is 17.0 Å².